The fourth-order valence-electron chi connectivity index (χ4n) is 6.85. The van der Waals surface area contributed by atoms with Crippen LogP contribution in [0.1, 0.15) is 0 Å². The summed E-state index contributed by atoms with van der Waals surface area (Å²) in [7, 11) is 0. The van der Waals surface area contributed by atoms with Crippen molar-refractivity contribution >= 4 is 83.9 Å². The van der Waals surface area contributed by atoms with Crippen molar-refractivity contribution in [1.29, 1.82) is 0 Å². The zero-order valence-electron chi connectivity index (χ0n) is 25.6. The van der Waals surface area contributed by atoms with Gasteiger partial charge in [0, 0.05) is 0 Å². The summed E-state index contributed by atoms with van der Waals surface area (Å²) in [5.41, 5.74) is 10.1. The first-order valence-electron chi connectivity index (χ1n) is 15.9. The van der Waals surface area contributed by atoms with Crippen LogP contribution in [0.25, 0.3) is 74.9 Å². The monoisotopic (exact) mass is 682 g/mol. The molecule has 10 aromatic rings. The van der Waals surface area contributed by atoms with Gasteiger partial charge >= 0.3 is 283 Å². The molecule has 3 heterocycles. The van der Waals surface area contributed by atoms with E-state index in [1.807, 2.05) is 36.4 Å². The number of aromatic nitrogens is 1. The molecule has 48 heavy (non-hydrogen) atoms. The quantitative estimate of drug-likeness (QED) is 0.170. The Hall–Kier alpha value is -5.87. The molecular weight excluding hydrogens is 655 g/mol. The molecule has 0 saturated heterocycles. The molecule has 0 radical (unpaired) electrons. The summed E-state index contributed by atoms with van der Waals surface area (Å²) in [4.78, 5) is 7.19. The van der Waals surface area contributed by atoms with Crippen molar-refractivity contribution in [3.8, 4) is 22.6 Å². The van der Waals surface area contributed by atoms with Gasteiger partial charge < -0.3 is 0 Å². The molecule has 0 bridgehead atoms. The van der Waals surface area contributed by atoms with Crippen LogP contribution in [0.2, 0.25) is 0 Å². The first-order valence-corrected chi connectivity index (χ1v) is 17.7. The van der Waals surface area contributed by atoms with Gasteiger partial charge in [-0.2, -0.15) is 0 Å². The Bertz CT molecular complexity index is 2760. The molecule has 0 unspecified atom stereocenters. The van der Waals surface area contributed by atoms with Crippen LogP contribution in [0, 0.1) is 0 Å². The third kappa shape index (κ3) is 4.40. The Kier molecular flexibility index (Phi) is 6.16. The van der Waals surface area contributed by atoms with Gasteiger partial charge in [0.1, 0.15) is 0 Å². The number of rotatable bonds is 5. The number of benzene rings is 7. The molecule has 0 spiro atoms. The van der Waals surface area contributed by atoms with Crippen LogP contribution in [0.4, 0.5) is 17.1 Å². The molecule has 4 nitrogen and oxygen atoms in total. The fourth-order valence-corrected chi connectivity index (χ4v) is 9.30. The standard InChI is InChI=1S/C43H26N2O2Se/c1-2-9-27(10-3-1)28-17-19-29(20-18-28)45(30-21-23-33-32-11-4-6-14-37(32)46-39(33)25-30)31-22-24-34-41(26-31)48-40-16-8-12-35(42(34)40)43-44-36-13-5-7-15-38(36)47-43/h1-26H. The van der Waals surface area contributed by atoms with Gasteiger partial charge in [0.25, 0.3) is 0 Å². The molecule has 0 aliphatic carbocycles. The second kappa shape index (κ2) is 10.9. The SMILES string of the molecule is c1ccc(-c2ccc(N(c3ccc4c(c3)oc3ccccc34)c3ccc4c(c3)[se]c3cccc(-c5nc6ccccc6o5)c34)cc2)cc1. The first-order chi connectivity index (χ1) is 23.8. The van der Waals surface area contributed by atoms with E-state index in [9.17, 15) is 0 Å². The maximum absolute atomic E-state index is 6.35. The summed E-state index contributed by atoms with van der Waals surface area (Å²) >= 11 is 0.133. The number of anilines is 3. The molecule has 0 aliphatic rings. The third-order valence-electron chi connectivity index (χ3n) is 9.12. The molecule has 0 N–H and O–H groups in total. The topological polar surface area (TPSA) is 42.4 Å². The summed E-state index contributed by atoms with van der Waals surface area (Å²) in [6.07, 6.45) is 0. The normalized spacial score (nSPS) is 11.8. The summed E-state index contributed by atoms with van der Waals surface area (Å²) in [5.74, 6) is 0.667. The number of para-hydroxylation sites is 3. The molecule has 226 valence electrons. The second-order valence-electron chi connectivity index (χ2n) is 12.0. The van der Waals surface area contributed by atoms with Crippen molar-refractivity contribution in [3.05, 3.63) is 158 Å². The molecule has 7 aromatic carbocycles. The van der Waals surface area contributed by atoms with Crippen molar-refractivity contribution in [2.24, 2.45) is 0 Å². The first kappa shape index (κ1) is 27.3. The zero-order chi connectivity index (χ0) is 31.6. The minimum absolute atomic E-state index is 0.133. The fraction of sp³-hybridized carbons (Fsp3) is 0. The van der Waals surface area contributed by atoms with E-state index in [4.69, 9.17) is 13.8 Å². The van der Waals surface area contributed by atoms with E-state index in [1.165, 1.54) is 30.4 Å². The molecule has 3 aromatic heterocycles. The Labute approximate surface area is 281 Å². The molecular formula is C43H26N2O2Se. The van der Waals surface area contributed by atoms with Crippen molar-refractivity contribution < 1.29 is 8.83 Å². The molecule has 0 aliphatic heterocycles. The van der Waals surface area contributed by atoms with Crippen LogP contribution in [-0.4, -0.2) is 19.5 Å². The molecule has 10 rings (SSSR count). The number of hydrogen-bond donors (Lipinski definition) is 0. The van der Waals surface area contributed by atoms with Gasteiger partial charge in [-0.3, -0.25) is 0 Å². The third-order valence-corrected chi connectivity index (χ3v) is 11.5. The van der Waals surface area contributed by atoms with Crippen LogP contribution in [0.5, 0.6) is 0 Å². The Morgan fingerprint density at radius 3 is 2.00 bits per heavy atom. The van der Waals surface area contributed by atoms with Crippen LogP contribution in [0.3, 0.4) is 0 Å². The number of oxazole rings is 1. The van der Waals surface area contributed by atoms with Crippen LogP contribution in [0.15, 0.2) is 167 Å². The zero-order valence-corrected chi connectivity index (χ0v) is 27.3. The van der Waals surface area contributed by atoms with E-state index in [1.54, 1.807) is 0 Å². The van der Waals surface area contributed by atoms with E-state index >= 15 is 0 Å². The Morgan fingerprint density at radius 1 is 0.458 bits per heavy atom. The van der Waals surface area contributed by atoms with Gasteiger partial charge in [-0.15, -0.1) is 0 Å². The van der Waals surface area contributed by atoms with Gasteiger partial charge in [0.2, 0.25) is 0 Å². The Morgan fingerprint density at radius 2 is 1.15 bits per heavy atom. The van der Waals surface area contributed by atoms with E-state index in [2.05, 4.69) is 126 Å². The van der Waals surface area contributed by atoms with Crippen molar-refractivity contribution in [1.82, 2.24) is 4.98 Å². The van der Waals surface area contributed by atoms with E-state index < -0.39 is 0 Å². The predicted molar refractivity (Wildman–Crippen MR) is 199 cm³/mol. The number of fused-ring (bicyclic) bond motifs is 7. The average Bonchev–Trinajstić information content (AvgIpc) is 3.85. The maximum atomic E-state index is 6.35. The van der Waals surface area contributed by atoms with Gasteiger partial charge in [0.15, 0.2) is 0 Å². The van der Waals surface area contributed by atoms with Gasteiger partial charge in [0.05, 0.1) is 0 Å². The average molecular weight is 682 g/mol. The van der Waals surface area contributed by atoms with E-state index in [-0.39, 0.29) is 14.5 Å². The molecule has 0 saturated carbocycles. The molecule has 0 amide bonds. The van der Waals surface area contributed by atoms with Gasteiger partial charge in [-0.05, 0) is 0 Å². The van der Waals surface area contributed by atoms with Gasteiger partial charge in [-0.25, -0.2) is 0 Å². The van der Waals surface area contributed by atoms with Crippen LogP contribution in [-0.2, 0) is 0 Å². The molecule has 0 atom stereocenters. The summed E-state index contributed by atoms with van der Waals surface area (Å²) in [5, 5.41) is 4.73. The Balaban J connectivity index is 1.14. The van der Waals surface area contributed by atoms with E-state index in [0.29, 0.717) is 5.89 Å². The minimum atomic E-state index is 0.133. The van der Waals surface area contributed by atoms with Crippen LogP contribution >= 0.6 is 0 Å². The van der Waals surface area contributed by atoms with Crippen molar-refractivity contribution in [3.63, 3.8) is 0 Å². The number of hydrogen-bond acceptors (Lipinski definition) is 4. The number of nitrogens with zero attached hydrogens (tertiary/aromatic N) is 2. The molecule has 5 heteroatoms. The van der Waals surface area contributed by atoms with Crippen molar-refractivity contribution in [2.75, 3.05) is 4.90 Å². The summed E-state index contributed by atoms with van der Waals surface area (Å²) < 4.78 is 15.3. The molecule has 0 fully saturated rings. The number of furan rings is 1. The van der Waals surface area contributed by atoms with Gasteiger partial charge in [-0.1, -0.05) is 0 Å². The van der Waals surface area contributed by atoms with E-state index in [0.717, 1.165) is 55.7 Å². The summed E-state index contributed by atoms with van der Waals surface area (Å²) in [6.45, 7) is 0. The van der Waals surface area contributed by atoms with Crippen molar-refractivity contribution in [2.45, 2.75) is 0 Å². The predicted octanol–water partition coefficient (Wildman–Crippen LogP) is 11.9. The van der Waals surface area contributed by atoms with Crippen LogP contribution < -0.4 is 4.90 Å². The summed E-state index contributed by atoms with van der Waals surface area (Å²) in [6, 6.07) is 55.5. The second-order valence-corrected chi connectivity index (χ2v) is 14.2.